The summed E-state index contributed by atoms with van der Waals surface area (Å²) < 4.78 is 66.5. The minimum Gasteiger partial charge on any atom is -0.324 e. The van der Waals surface area contributed by atoms with E-state index in [0.29, 0.717) is 4.34 Å². The van der Waals surface area contributed by atoms with Crippen LogP contribution in [-0.4, -0.2) is 55.8 Å². The number of anilines is 1. The Kier molecular flexibility index (Phi) is 6.78. The number of hydrogen-bond acceptors (Lipinski definition) is 5. The van der Waals surface area contributed by atoms with Gasteiger partial charge in [-0.25, -0.2) is 8.42 Å². The van der Waals surface area contributed by atoms with Crippen molar-refractivity contribution in [2.75, 3.05) is 31.5 Å². The molecule has 0 aliphatic carbocycles. The summed E-state index contributed by atoms with van der Waals surface area (Å²) in [6, 6.07) is 7.00. The van der Waals surface area contributed by atoms with Crippen LogP contribution < -0.4 is 5.32 Å². The molecule has 1 aliphatic heterocycles. The van der Waals surface area contributed by atoms with Crippen molar-refractivity contribution in [3.05, 3.63) is 46.3 Å². The van der Waals surface area contributed by atoms with E-state index in [9.17, 15) is 26.4 Å². The van der Waals surface area contributed by atoms with Gasteiger partial charge in [0.1, 0.15) is 4.21 Å². The number of amides is 1. The molecule has 30 heavy (non-hydrogen) atoms. The van der Waals surface area contributed by atoms with Crippen LogP contribution >= 0.6 is 22.9 Å². The number of benzene rings is 1. The smallest absolute Gasteiger partial charge is 0.324 e. The lowest BCUT2D eigenvalue weighted by Crippen LogP contribution is -2.53. The minimum absolute atomic E-state index is 0.149. The number of thiophene rings is 1. The van der Waals surface area contributed by atoms with Crippen molar-refractivity contribution >= 4 is 44.6 Å². The Bertz CT molecular complexity index is 1020. The first-order valence-corrected chi connectivity index (χ1v) is 11.6. The fourth-order valence-electron chi connectivity index (χ4n) is 3.14. The average Bonchev–Trinajstić information content (AvgIpc) is 3.14. The van der Waals surface area contributed by atoms with Crippen molar-refractivity contribution in [3.63, 3.8) is 0 Å². The molecule has 164 valence electrons. The highest BCUT2D eigenvalue weighted by molar-refractivity contribution is 7.91. The molecule has 2 heterocycles. The number of alkyl halides is 3. The first-order chi connectivity index (χ1) is 14.0. The average molecular weight is 482 g/mol. The largest absolute Gasteiger partial charge is 0.418 e. The van der Waals surface area contributed by atoms with Gasteiger partial charge in [-0.15, -0.1) is 11.3 Å². The van der Waals surface area contributed by atoms with Crippen molar-refractivity contribution in [1.82, 2.24) is 9.21 Å². The third-order valence-corrected chi connectivity index (χ3v) is 8.43. The number of nitrogens with one attached hydrogen (secondary N) is 1. The molecule has 0 unspecified atom stereocenters. The van der Waals surface area contributed by atoms with Crippen molar-refractivity contribution in [3.8, 4) is 0 Å². The molecule has 1 aromatic carbocycles. The normalized spacial score (nSPS) is 17.6. The first kappa shape index (κ1) is 23.0. The van der Waals surface area contributed by atoms with Crippen LogP contribution in [-0.2, 0) is 21.0 Å². The van der Waals surface area contributed by atoms with Crippen LogP contribution in [0.1, 0.15) is 12.5 Å². The van der Waals surface area contributed by atoms with Gasteiger partial charge in [-0.3, -0.25) is 9.69 Å². The molecule has 1 aromatic heterocycles. The fraction of sp³-hybridized carbons (Fsp3) is 0.389. The first-order valence-electron chi connectivity index (χ1n) is 8.97. The number of carbonyl (C=O) groups is 1. The maximum atomic E-state index is 13.1. The SMILES string of the molecule is C[C@@H](C(=O)Nc1ccccc1C(F)(F)F)N1CCN(S(=O)(=O)c2ccc(Cl)s2)CC1. The van der Waals surface area contributed by atoms with E-state index in [0.717, 1.165) is 17.4 Å². The van der Waals surface area contributed by atoms with Gasteiger partial charge in [0.15, 0.2) is 0 Å². The highest BCUT2D eigenvalue weighted by Gasteiger charge is 2.35. The number of para-hydroxylation sites is 1. The van der Waals surface area contributed by atoms with Crippen molar-refractivity contribution in [1.29, 1.82) is 0 Å². The van der Waals surface area contributed by atoms with Crippen LogP contribution in [0.2, 0.25) is 4.34 Å². The second-order valence-electron chi connectivity index (χ2n) is 6.71. The minimum atomic E-state index is -4.59. The summed E-state index contributed by atoms with van der Waals surface area (Å²) in [5, 5.41) is 2.34. The van der Waals surface area contributed by atoms with Crippen LogP contribution in [0.3, 0.4) is 0 Å². The molecule has 3 rings (SSSR count). The maximum Gasteiger partial charge on any atom is 0.418 e. The van der Waals surface area contributed by atoms with Crippen LogP contribution in [0.5, 0.6) is 0 Å². The van der Waals surface area contributed by atoms with Gasteiger partial charge in [-0.05, 0) is 31.2 Å². The quantitative estimate of drug-likeness (QED) is 0.706. The lowest BCUT2D eigenvalue weighted by molar-refractivity contribution is -0.137. The van der Waals surface area contributed by atoms with Gasteiger partial charge in [-0.2, -0.15) is 17.5 Å². The van der Waals surface area contributed by atoms with Crippen LogP contribution in [0, 0.1) is 0 Å². The van der Waals surface area contributed by atoms with Gasteiger partial charge in [0.2, 0.25) is 5.91 Å². The lowest BCUT2D eigenvalue weighted by Gasteiger charge is -2.36. The van der Waals surface area contributed by atoms with Gasteiger partial charge in [-0.1, -0.05) is 23.7 Å². The van der Waals surface area contributed by atoms with Gasteiger partial charge in [0.05, 0.1) is 21.6 Å². The Morgan fingerprint density at radius 1 is 1.13 bits per heavy atom. The second kappa shape index (κ2) is 8.83. The van der Waals surface area contributed by atoms with Crippen LogP contribution in [0.25, 0.3) is 0 Å². The summed E-state index contributed by atoms with van der Waals surface area (Å²) in [4.78, 5) is 14.3. The Balaban J connectivity index is 1.63. The molecule has 1 atom stereocenters. The number of hydrogen-bond donors (Lipinski definition) is 1. The summed E-state index contributed by atoms with van der Waals surface area (Å²) in [5.74, 6) is -0.590. The lowest BCUT2D eigenvalue weighted by atomic mass is 10.1. The molecule has 12 heteroatoms. The third-order valence-electron chi connectivity index (χ3n) is 4.83. The Morgan fingerprint density at radius 2 is 1.77 bits per heavy atom. The van der Waals surface area contributed by atoms with Crippen molar-refractivity contribution < 1.29 is 26.4 Å². The van der Waals surface area contributed by atoms with Crippen molar-refractivity contribution in [2.24, 2.45) is 0 Å². The Labute approximate surface area is 181 Å². The summed E-state index contributed by atoms with van der Waals surface area (Å²) in [6.07, 6.45) is -4.59. The van der Waals surface area contributed by atoms with E-state index >= 15 is 0 Å². The number of halogens is 4. The number of nitrogens with zero attached hydrogens (tertiary/aromatic N) is 2. The number of sulfonamides is 1. The highest BCUT2D eigenvalue weighted by atomic mass is 35.5. The fourth-order valence-corrected chi connectivity index (χ4v) is 6.20. The molecule has 0 saturated carbocycles. The van der Waals surface area contributed by atoms with Crippen LogP contribution in [0.15, 0.2) is 40.6 Å². The van der Waals surface area contributed by atoms with Crippen LogP contribution in [0.4, 0.5) is 18.9 Å². The monoisotopic (exact) mass is 481 g/mol. The maximum absolute atomic E-state index is 13.1. The topological polar surface area (TPSA) is 69.7 Å². The van der Waals surface area contributed by atoms with E-state index in [1.54, 1.807) is 11.8 Å². The molecule has 0 bridgehead atoms. The number of carbonyl (C=O) groups excluding carboxylic acids is 1. The molecular weight excluding hydrogens is 463 g/mol. The zero-order valence-electron chi connectivity index (χ0n) is 15.8. The van der Waals surface area contributed by atoms with Crippen molar-refractivity contribution in [2.45, 2.75) is 23.4 Å². The van der Waals surface area contributed by atoms with E-state index in [4.69, 9.17) is 11.6 Å². The molecule has 1 N–H and O–H groups in total. The Morgan fingerprint density at radius 3 is 2.33 bits per heavy atom. The second-order valence-corrected chi connectivity index (χ2v) is 10.6. The summed E-state index contributed by atoms with van der Waals surface area (Å²) in [6.45, 7) is 2.44. The van der Waals surface area contributed by atoms with Gasteiger partial charge >= 0.3 is 6.18 Å². The zero-order valence-corrected chi connectivity index (χ0v) is 18.2. The highest BCUT2D eigenvalue weighted by Crippen LogP contribution is 2.34. The molecule has 6 nitrogen and oxygen atoms in total. The van der Waals surface area contributed by atoms with E-state index < -0.39 is 33.7 Å². The number of rotatable bonds is 5. The van der Waals surface area contributed by atoms with E-state index in [2.05, 4.69) is 5.32 Å². The molecule has 1 aliphatic rings. The number of piperazine rings is 1. The summed E-state index contributed by atoms with van der Waals surface area (Å²) in [7, 11) is -3.67. The molecule has 1 fully saturated rings. The van der Waals surface area contributed by atoms with E-state index in [1.807, 2.05) is 0 Å². The van der Waals surface area contributed by atoms with E-state index in [-0.39, 0.29) is 36.1 Å². The molecular formula is C18H19ClF3N3O3S2. The predicted molar refractivity (Wildman–Crippen MR) is 109 cm³/mol. The van der Waals surface area contributed by atoms with Gasteiger partial charge in [0.25, 0.3) is 10.0 Å². The summed E-state index contributed by atoms with van der Waals surface area (Å²) in [5.41, 5.74) is -1.23. The molecule has 1 amide bonds. The molecule has 1 saturated heterocycles. The summed E-state index contributed by atoms with van der Waals surface area (Å²) >= 11 is 6.79. The standard InChI is InChI=1S/C18H19ClF3N3O3S2/c1-12(17(26)23-14-5-3-2-4-13(14)18(20,21)22)24-8-10-25(11-9-24)30(27,28)16-7-6-15(19)29-16/h2-7,12H,8-11H2,1H3,(H,23,26)/t12-/m0/s1. The van der Waals surface area contributed by atoms with Gasteiger partial charge in [0, 0.05) is 26.2 Å². The third kappa shape index (κ3) is 4.97. The predicted octanol–water partition coefficient (Wildman–Crippen LogP) is 3.75. The van der Waals surface area contributed by atoms with Gasteiger partial charge < -0.3 is 5.32 Å². The Hall–Kier alpha value is -1.66. The molecule has 0 spiro atoms. The zero-order chi connectivity index (χ0) is 22.1. The van der Waals surface area contributed by atoms with E-state index in [1.165, 1.54) is 34.6 Å². The molecule has 0 radical (unpaired) electrons. The molecule has 2 aromatic rings.